The molecule has 0 spiro atoms. The third kappa shape index (κ3) is 4.57. The number of ether oxygens (including phenoxy) is 1. The number of anilines is 1. The number of alkyl carbamates (subject to hydrolysis) is 1. The highest BCUT2D eigenvalue weighted by atomic mass is 32.2. The number of thioether (sulfide) groups is 1. The Morgan fingerprint density at radius 1 is 1.44 bits per heavy atom. The molecule has 134 valence electrons. The van der Waals surface area contributed by atoms with Gasteiger partial charge in [0.1, 0.15) is 5.54 Å². The van der Waals surface area contributed by atoms with Crippen molar-refractivity contribution in [1.29, 1.82) is 5.26 Å². The predicted octanol–water partition coefficient (Wildman–Crippen LogP) is 3.10. The normalized spacial score (nSPS) is 18.0. The van der Waals surface area contributed by atoms with Gasteiger partial charge in [-0.1, -0.05) is 17.8 Å². The van der Waals surface area contributed by atoms with Crippen LogP contribution in [-0.2, 0) is 15.7 Å². The number of nitrogens with zero attached hydrogens (tertiary/aromatic N) is 2. The van der Waals surface area contributed by atoms with Gasteiger partial charge in [-0.05, 0) is 32.0 Å². The van der Waals surface area contributed by atoms with Crippen molar-refractivity contribution >= 4 is 29.4 Å². The van der Waals surface area contributed by atoms with Gasteiger partial charge in [-0.3, -0.25) is 9.69 Å². The molecule has 1 N–H and O–H groups in total. The van der Waals surface area contributed by atoms with Gasteiger partial charge in [0.15, 0.2) is 0 Å². The molecule has 1 atom stereocenters. The molecule has 2 amide bonds. The van der Waals surface area contributed by atoms with Crippen LogP contribution in [0.4, 0.5) is 23.7 Å². The van der Waals surface area contributed by atoms with Crippen LogP contribution in [0.15, 0.2) is 24.3 Å². The van der Waals surface area contributed by atoms with Crippen molar-refractivity contribution in [3.8, 4) is 6.07 Å². The highest BCUT2D eigenvalue weighted by molar-refractivity contribution is 8.01. The largest absolute Gasteiger partial charge is 0.425 e. The van der Waals surface area contributed by atoms with Crippen molar-refractivity contribution in [1.82, 2.24) is 5.32 Å². The molecule has 1 saturated heterocycles. The van der Waals surface area contributed by atoms with Crippen molar-refractivity contribution in [2.75, 3.05) is 10.8 Å². The van der Waals surface area contributed by atoms with E-state index in [1.807, 2.05) is 6.07 Å². The van der Waals surface area contributed by atoms with Gasteiger partial charge < -0.3 is 10.1 Å². The summed E-state index contributed by atoms with van der Waals surface area (Å²) >= 11 is 0.958. The number of alkyl halides is 3. The van der Waals surface area contributed by atoms with E-state index in [1.165, 1.54) is 26.0 Å². The summed E-state index contributed by atoms with van der Waals surface area (Å²) in [5, 5.41) is 11.1. The highest BCUT2D eigenvalue weighted by Crippen LogP contribution is 2.35. The number of halogens is 3. The fourth-order valence-electron chi connectivity index (χ4n) is 1.95. The number of rotatable bonds is 3. The fraction of sp³-hybridized carbons (Fsp3) is 0.400. The molecule has 6 nitrogen and oxygen atoms in total. The van der Waals surface area contributed by atoms with Crippen molar-refractivity contribution in [3.63, 3.8) is 0 Å². The second-order valence-electron chi connectivity index (χ2n) is 5.71. The molecule has 0 bridgehead atoms. The maximum atomic E-state index is 12.8. The van der Waals surface area contributed by atoms with Crippen LogP contribution in [0.25, 0.3) is 0 Å². The third-order valence-electron chi connectivity index (χ3n) is 3.22. The van der Waals surface area contributed by atoms with Crippen LogP contribution in [0.1, 0.15) is 19.4 Å². The molecule has 1 heterocycles. The molecule has 1 aliphatic heterocycles. The molecular formula is C15H14F3N3O3S. The van der Waals surface area contributed by atoms with Crippen molar-refractivity contribution in [2.24, 2.45) is 0 Å². The molecule has 1 fully saturated rings. The lowest BCUT2D eigenvalue weighted by Gasteiger charge is -2.19. The van der Waals surface area contributed by atoms with E-state index >= 15 is 0 Å². The van der Waals surface area contributed by atoms with Crippen LogP contribution < -0.4 is 10.2 Å². The Bertz CT molecular complexity index is 731. The minimum atomic E-state index is -4.52. The van der Waals surface area contributed by atoms with Crippen LogP contribution in [0.5, 0.6) is 0 Å². The second kappa shape index (κ2) is 6.84. The van der Waals surface area contributed by atoms with Crippen LogP contribution in [0.2, 0.25) is 0 Å². The van der Waals surface area contributed by atoms with E-state index in [2.05, 4.69) is 5.32 Å². The number of hydrogen-bond acceptors (Lipinski definition) is 5. The smallest absolute Gasteiger partial charge is 0.416 e. The summed E-state index contributed by atoms with van der Waals surface area (Å²) < 4.78 is 43.3. The summed E-state index contributed by atoms with van der Waals surface area (Å²) in [4.78, 5) is 25.1. The molecule has 0 aromatic heterocycles. The van der Waals surface area contributed by atoms with E-state index in [4.69, 9.17) is 10.00 Å². The lowest BCUT2D eigenvalue weighted by atomic mass is 10.1. The zero-order chi connectivity index (χ0) is 18.8. The summed E-state index contributed by atoms with van der Waals surface area (Å²) in [6, 6.07) is 6.18. The summed E-state index contributed by atoms with van der Waals surface area (Å²) in [5.41, 5.74) is -3.18. The first-order valence-electron chi connectivity index (χ1n) is 7.04. The summed E-state index contributed by atoms with van der Waals surface area (Å²) in [5.74, 6) is -0.603. The average Bonchev–Trinajstić information content (AvgIpc) is 2.87. The number of nitriles is 1. The van der Waals surface area contributed by atoms with E-state index in [9.17, 15) is 22.8 Å². The first-order valence-corrected chi connectivity index (χ1v) is 8.09. The summed E-state index contributed by atoms with van der Waals surface area (Å²) in [7, 11) is 0. The SMILES string of the molecule is CC(C)(C#N)NC(=O)OC1SCN(c2cccc(C(F)(F)F)c2)C1=O. The van der Waals surface area contributed by atoms with E-state index in [0.717, 1.165) is 28.8 Å². The van der Waals surface area contributed by atoms with Gasteiger partial charge in [0.2, 0.25) is 5.44 Å². The van der Waals surface area contributed by atoms with E-state index in [0.29, 0.717) is 0 Å². The maximum Gasteiger partial charge on any atom is 0.416 e. The quantitative estimate of drug-likeness (QED) is 0.880. The Balaban J connectivity index is 2.07. The van der Waals surface area contributed by atoms with E-state index in [1.54, 1.807) is 0 Å². The van der Waals surface area contributed by atoms with Gasteiger partial charge in [-0.25, -0.2) is 4.79 Å². The second-order valence-corrected chi connectivity index (χ2v) is 6.73. The van der Waals surface area contributed by atoms with Crippen LogP contribution in [0.3, 0.4) is 0 Å². The number of carbonyl (C=O) groups is 2. The summed E-state index contributed by atoms with van der Waals surface area (Å²) in [6.45, 7) is 2.90. The Morgan fingerprint density at radius 2 is 2.12 bits per heavy atom. The molecule has 0 saturated carbocycles. The van der Waals surface area contributed by atoms with Crippen molar-refractivity contribution in [3.05, 3.63) is 29.8 Å². The molecule has 10 heteroatoms. The van der Waals surface area contributed by atoms with Crippen molar-refractivity contribution < 1.29 is 27.5 Å². The van der Waals surface area contributed by atoms with Crippen LogP contribution in [0, 0.1) is 11.3 Å². The van der Waals surface area contributed by atoms with Crippen LogP contribution in [-0.4, -0.2) is 28.9 Å². The Labute approximate surface area is 145 Å². The maximum absolute atomic E-state index is 12.8. The number of benzene rings is 1. The summed E-state index contributed by atoms with van der Waals surface area (Å²) in [6.07, 6.45) is -5.48. The lowest BCUT2D eigenvalue weighted by Crippen LogP contribution is -2.44. The number of amides is 2. The molecule has 2 rings (SSSR count). The lowest BCUT2D eigenvalue weighted by molar-refractivity contribution is -0.137. The monoisotopic (exact) mass is 373 g/mol. The van der Waals surface area contributed by atoms with Crippen LogP contribution >= 0.6 is 11.8 Å². The Hall–Kier alpha value is -2.41. The van der Waals surface area contributed by atoms with Gasteiger partial charge in [0, 0.05) is 5.69 Å². The minimum absolute atomic E-state index is 0.0414. The number of nitrogens with one attached hydrogen (secondary N) is 1. The fourth-order valence-corrected chi connectivity index (χ4v) is 2.94. The topological polar surface area (TPSA) is 82.4 Å². The molecule has 0 radical (unpaired) electrons. The van der Waals surface area contributed by atoms with E-state index < -0.39 is 34.7 Å². The van der Waals surface area contributed by atoms with E-state index in [-0.39, 0.29) is 11.6 Å². The predicted molar refractivity (Wildman–Crippen MR) is 84.5 cm³/mol. The minimum Gasteiger partial charge on any atom is -0.425 e. The Morgan fingerprint density at radius 3 is 2.72 bits per heavy atom. The van der Waals surface area contributed by atoms with Crippen molar-refractivity contribution in [2.45, 2.75) is 31.0 Å². The van der Waals surface area contributed by atoms with Gasteiger partial charge in [-0.2, -0.15) is 18.4 Å². The average molecular weight is 373 g/mol. The first-order chi connectivity index (χ1) is 11.5. The molecule has 1 unspecified atom stereocenters. The zero-order valence-corrected chi connectivity index (χ0v) is 14.1. The van der Waals surface area contributed by atoms with Gasteiger partial charge in [0.25, 0.3) is 5.91 Å². The van der Waals surface area contributed by atoms with Gasteiger partial charge >= 0.3 is 12.3 Å². The molecule has 1 aliphatic rings. The highest BCUT2D eigenvalue weighted by Gasteiger charge is 2.38. The molecule has 1 aromatic rings. The molecule has 1 aromatic carbocycles. The number of hydrogen-bond donors (Lipinski definition) is 1. The van der Waals surface area contributed by atoms with Gasteiger partial charge in [-0.15, -0.1) is 0 Å². The van der Waals surface area contributed by atoms with Gasteiger partial charge in [0.05, 0.1) is 17.5 Å². The number of carbonyl (C=O) groups excluding carboxylic acids is 2. The Kier molecular flexibility index (Phi) is 5.17. The standard InChI is InChI=1S/C15H14F3N3O3S/c1-14(2,7-19)20-13(23)24-12-11(22)21(8-25-12)10-5-3-4-9(6-10)15(16,17)18/h3-6,12H,8H2,1-2H3,(H,20,23). The third-order valence-corrected chi connectivity index (χ3v) is 4.22. The zero-order valence-electron chi connectivity index (χ0n) is 13.3. The first kappa shape index (κ1) is 18.9. The molecule has 25 heavy (non-hydrogen) atoms. The molecule has 0 aliphatic carbocycles. The molecular weight excluding hydrogens is 359 g/mol.